The molecule has 1 rings (SSSR count). The highest BCUT2D eigenvalue weighted by Crippen LogP contribution is 2.41. The van der Waals surface area contributed by atoms with Gasteiger partial charge in [-0.05, 0) is 6.42 Å². The number of hydrogen-bond donors (Lipinski definition) is 1. The maximum absolute atomic E-state index is 11.0. The first kappa shape index (κ1) is 14.9. The number of ether oxygens (including phenoxy) is 4. The topological polar surface area (TPSA) is 74.2 Å². The van der Waals surface area contributed by atoms with Crippen LogP contribution in [0, 0.1) is 0 Å². The lowest BCUT2D eigenvalue weighted by Crippen LogP contribution is -2.25. The highest BCUT2D eigenvalue weighted by atomic mass is 16.5. The molecule has 0 bridgehead atoms. The van der Waals surface area contributed by atoms with Crippen molar-refractivity contribution >= 4 is 5.97 Å². The maximum Gasteiger partial charge on any atom is 0.344 e. The second-order valence-corrected chi connectivity index (χ2v) is 3.71. The number of hydrogen-bond acceptors (Lipinski definition) is 5. The van der Waals surface area contributed by atoms with Crippen molar-refractivity contribution < 1.29 is 28.8 Å². The van der Waals surface area contributed by atoms with Crippen LogP contribution in [0.15, 0.2) is 12.1 Å². The Morgan fingerprint density at radius 3 is 2.00 bits per heavy atom. The molecule has 1 N–H and O–H groups in total. The van der Waals surface area contributed by atoms with Gasteiger partial charge in [-0.2, -0.15) is 0 Å². The lowest BCUT2D eigenvalue weighted by atomic mass is 10.2. The first-order valence-corrected chi connectivity index (χ1v) is 5.76. The molecule has 0 aliphatic carbocycles. The molecule has 0 saturated carbocycles. The van der Waals surface area contributed by atoms with Crippen LogP contribution in [0.1, 0.15) is 13.3 Å². The SMILES string of the molecule is CCC(Oc1cc(OC)c(OC)c(OC)c1)C(=O)O. The zero-order valence-electron chi connectivity index (χ0n) is 11.4. The summed E-state index contributed by atoms with van der Waals surface area (Å²) in [6, 6.07) is 3.12. The van der Waals surface area contributed by atoms with E-state index in [0.717, 1.165) is 0 Å². The van der Waals surface area contributed by atoms with Crippen molar-refractivity contribution in [1.29, 1.82) is 0 Å². The number of rotatable bonds is 7. The molecule has 0 radical (unpaired) electrons. The molecule has 0 saturated heterocycles. The molecular formula is C13H18O6. The van der Waals surface area contributed by atoms with Crippen molar-refractivity contribution in [3.05, 3.63) is 12.1 Å². The van der Waals surface area contributed by atoms with Crippen molar-refractivity contribution in [3.63, 3.8) is 0 Å². The largest absolute Gasteiger partial charge is 0.493 e. The van der Waals surface area contributed by atoms with E-state index in [1.165, 1.54) is 21.3 Å². The molecule has 0 aromatic heterocycles. The van der Waals surface area contributed by atoms with Crippen LogP contribution in [-0.4, -0.2) is 38.5 Å². The van der Waals surface area contributed by atoms with Gasteiger partial charge in [0.05, 0.1) is 21.3 Å². The van der Waals surface area contributed by atoms with Gasteiger partial charge >= 0.3 is 5.97 Å². The summed E-state index contributed by atoms with van der Waals surface area (Å²) >= 11 is 0. The molecule has 1 aromatic rings. The van der Waals surface area contributed by atoms with Crippen LogP contribution in [0.4, 0.5) is 0 Å². The van der Waals surface area contributed by atoms with Gasteiger partial charge in [0, 0.05) is 12.1 Å². The quantitative estimate of drug-likeness (QED) is 0.816. The summed E-state index contributed by atoms with van der Waals surface area (Å²) in [5.41, 5.74) is 0. The molecule has 1 unspecified atom stereocenters. The number of methoxy groups -OCH3 is 3. The first-order chi connectivity index (χ1) is 9.07. The van der Waals surface area contributed by atoms with Gasteiger partial charge in [0.1, 0.15) is 5.75 Å². The lowest BCUT2D eigenvalue weighted by molar-refractivity contribution is -0.145. The second-order valence-electron chi connectivity index (χ2n) is 3.71. The molecule has 0 aliphatic rings. The van der Waals surface area contributed by atoms with E-state index in [1.807, 2.05) is 0 Å². The lowest BCUT2D eigenvalue weighted by Gasteiger charge is -2.17. The van der Waals surface area contributed by atoms with Crippen molar-refractivity contribution in [1.82, 2.24) is 0 Å². The molecule has 0 heterocycles. The predicted octanol–water partition coefficient (Wildman–Crippen LogP) is 1.95. The summed E-state index contributed by atoms with van der Waals surface area (Å²) in [4.78, 5) is 11.0. The van der Waals surface area contributed by atoms with E-state index >= 15 is 0 Å². The number of carboxylic acid groups (broad SMARTS) is 1. The van der Waals surface area contributed by atoms with Crippen molar-refractivity contribution in [2.45, 2.75) is 19.4 Å². The molecule has 106 valence electrons. The van der Waals surface area contributed by atoms with Crippen LogP contribution < -0.4 is 18.9 Å². The Kier molecular flexibility index (Phi) is 5.29. The highest BCUT2D eigenvalue weighted by Gasteiger charge is 2.20. The summed E-state index contributed by atoms with van der Waals surface area (Å²) < 4.78 is 20.9. The van der Waals surface area contributed by atoms with Gasteiger partial charge in [-0.25, -0.2) is 4.79 Å². The average Bonchev–Trinajstić information content (AvgIpc) is 2.42. The predicted molar refractivity (Wildman–Crippen MR) is 68.4 cm³/mol. The van der Waals surface area contributed by atoms with Crippen LogP contribution >= 0.6 is 0 Å². The second kappa shape index (κ2) is 6.72. The summed E-state index contributed by atoms with van der Waals surface area (Å²) in [6.45, 7) is 1.73. The summed E-state index contributed by atoms with van der Waals surface area (Å²) in [5, 5.41) is 8.98. The number of aliphatic carboxylic acids is 1. The Labute approximate surface area is 111 Å². The Morgan fingerprint density at radius 2 is 1.68 bits per heavy atom. The minimum Gasteiger partial charge on any atom is -0.493 e. The molecule has 0 fully saturated rings. The summed E-state index contributed by atoms with van der Waals surface area (Å²) in [5.74, 6) is 0.593. The van der Waals surface area contributed by atoms with Crippen LogP contribution in [0.25, 0.3) is 0 Å². The van der Waals surface area contributed by atoms with Crippen molar-refractivity contribution in [2.75, 3.05) is 21.3 Å². The fourth-order valence-corrected chi connectivity index (χ4v) is 1.60. The van der Waals surface area contributed by atoms with Crippen LogP contribution in [0.2, 0.25) is 0 Å². The smallest absolute Gasteiger partial charge is 0.344 e. The number of carboxylic acids is 1. The summed E-state index contributed by atoms with van der Waals surface area (Å²) in [6.07, 6.45) is -0.561. The normalized spacial score (nSPS) is 11.6. The third-order valence-corrected chi connectivity index (χ3v) is 2.56. The summed E-state index contributed by atoms with van der Waals surface area (Å²) in [7, 11) is 4.46. The van der Waals surface area contributed by atoms with Crippen LogP contribution in [-0.2, 0) is 4.79 Å². The zero-order valence-corrected chi connectivity index (χ0v) is 11.4. The number of carbonyl (C=O) groups is 1. The van der Waals surface area contributed by atoms with E-state index in [-0.39, 0.29) is 0 Å². The standard InChI is InChI=1S/C13H18O6/c1-5-9(13(14)15)19-8-6-10(16-2)12(18-4)11(7-8)17-3/h6-7,9H,5H2,1-4H3,(H,14,15). The van der Waals surface area contributed by atoms with Crippen LogP contribution in [0.5, 0.6) is 23.0 Å². The van der Waals surface area contributed by atoms with E-state index in [2.05, 4.69) is 0 Å². The maximum atomic E-state index is 11.0. The minimum atomic E-state index is -1.02. The monoisotopic (exact) mass is 270 g/mol. The average molecular weight is 270 g/mol. The molecule has 19 heavy (non-hydrogen) atoms. The van der Waals surface area contributed by atoms with Gasteiger partial charge in [0.2, 0.25) is 5.75 Å². The Hall–Kier alpha value is -2.11. The third-order valence-electron chi connectivity index (χ3n) is 2.56. The Balaban J connectivity index is 3.12. The molecule has 6 nitrogen and oxygen atoms in total. The fourth-order valence-electron chi connectivity index (χ4n) is 1.60. The van der Waals surface area contributed by atoms with E-state index in [9.17, 15) is 4.79 Å². The molecule has 0 spiro atoms. The van der Waals surface area contributed by atoms with Gasteiger partial charge in [0.25, 0.3) is 0 Å². The Bertz CT molecular complexity index is 418. The van der Waals surface area contributed by atoms with Gasteiger partial charge in [-0.15, -0.1) is 0 Å². The van der Waals surface area contributed by atoms with E-state index < -0.39 is 12.1 Å². The molecule has 0 amide bonds. The first-order valence-electron chi connectivity index (χ1n) is 5.76. The molecule has 0 aliphatic heterocycles. The number of benzene rings is 1. The van der Waals surface area contributed by atoms with Gasteiger partial charge in [-0.3, -0.25) is 0 Å². The van der Waals surface area contributed by atoms with Gasteiger partial charge < -0.3 is 24.1 Å². The Morgan fingerprint density at radius 1 is 1.16 bits per heavy atom. The highest BCUT2D eigenvalue weighted by molar-refractivity contribution is 5.72. The van der Waals surface area contributed by atoms with E-state index in [0.29, 0.717) is 29.4 Å². The third kappa shape index (κ3) is 3.43. The zero-order chi connectivity index (χ0) is 14.4. The van der Waals surface area contributed by atoms with Crippen molar-refractivity contribution in [2.24, 2.45) is 0 Å². The van der Waals surface area contributed by atoms with Crippen molar-refractivity contribution in [3.8, 4) is 23.0 Å². The van der Waals surface area contributed by atoms with Crippen LogP contribution in [0.3, 0.4) is 0 Å². The van der Waals surface area contributed by atoms with E-state index in [4.69, 9.17) is 24.1 Å². The molecule has 1 atom stereocenters. The van der Waals surface area contributed by atoms with E-state index in [1.54, 1.807) is 19.1 Å². The molecule has 6 heteroatoms. The molecule has 1 aromatic carbocycles. The van der Waals surface area contributed by atoms with Gasteiger partial charge in [0.15, 0.2) is 17.6 Å². The fraction of sp³-hybridized carbons (Fsp3) is 0.462. The molecular weight excluding hydrogens is 252 g/mol. The minimum absolute atomic E-state index is 0.351. The van der Waals surface area contributed by atoms with Gasteiger partial charge in [-0.1, -0.05) is 6.92 Å².